The Morgan fingerprint density at radius 3 is 2.16 bits per heavy atom. The fraction of sp³-hybridized carbons (Fsp3) is 0.0417. The lowest BCUT2D eigenvalue weighted by Crippen LogP contribution is -2.42. The maximum Gasteiger partial charge on any atom is 0.272 e. The minimum atomic E-state index is -0.762. The highest BCUT2D eigenvalue weighted by Crippen LogP contribution is 2.28. The molecule has 6 nitrogen and oxygen atoms in total. The average Bonchev–Trinajstić information content (AvgIpc) is 3.28. The molecule has 2 amide bonds. The fourth-order valence-corrected chi connectivity index (χ4v) is 3.01. The van der Waals surface area contributed by atoms with Crippen molar-refractivity contribution in [3.8, 4) is 22.8 Å². The molecule has 0 aliphatic heterocycles. The van der Waals surface area contributed by atoms with Crippen LogP contribution in [0.25, 0.3) is 22.8 Å². The predicted molar refractivity (Wildman–Crippen MR) is 113 cm³/mol. The van der Waals surface area contributed by atoms with Crippen LogP contribution in [0.15, 0.2) is 83.4 Å². The molecule has 7 heteroatoms. The summed E-state index contributed by atoms with van der Waals surface area (Å²) in [6.07, 6.45) is 1.59. The third-order valence-electron chi connectivity index (χ3n) is 4.65. The monoisotopic (exact) mass is 415 g/mol. The standard InChI is InChI=1S/C24H18FN3O3/c1-15-10-12-16(13-11-15)21-14-26-24(31-21)18-7-3-2-6-17(18)22(29)27-28-23(30)19-8-4-5-9-20(19)25/h2-14H,1H3,(H,27,29)(H,28,30). The van der Waals surface area contributed by atoms with Crippen LogP contribution < -0.4 is 10.9 Å². The predicted octanol–water partition coefficient (Wildman–Crippen LogP) is 4.53. The van der Waals surface area contributed by atoms with E-state index >= 15 is 0 Å². The first-order valence-corrected chi connectivity index (χ1v) is 9.50. The van der Waals surface area contributed by atoms with E-state index in [0.717, 1.165) is 11.1 Å². The Bertz CT molecular complexity index is 1250. The molecule has 1 aromatic heterocycles. The van der Waals surface area contributed by atoms with Crippen LogP contribution in [0.1, 0.15) is 26.3 Å². The number of benzene rings is 3. The van der Waals surface area contributed by atoms with Crippen molar-refractivity contribution in [1.82, 2.24) is 15.8 Å². The molecular formula is C24H18FN3O3. The van der Waals surface area contributed by atoms with Crippen molar-refractivity contribution < 1.29 is 18.4 Å². The second-order valence-corrected chi connectivity index (χ2v) is 6.83. The van der Waals surface area contributed by atoms with Crippen LogP contribution in [0, 0.1) is 12.7 Å². The van der Waals surface area contributed by atoms with E-state index in [-0.39, 0.29) is 17.0 Å². The summed E-state index contributed by atoms with van der Waals surface area (Å²) in [5.41, 5.74) is 7.05. The van der Waals surface area contributed by atoms with Crippen LogP contribution >= 0.6 is 0 Å². The van der Waals surface area contributed by atoms with Gasteiger partial charge in [0.25, 0.3) is 11.8 Å². The number of rotatable bonds is 4. The highest BCUT2D eigenvalue weighted by Gasteiger charge is 2.18. The molecule has 2 N–H and O–H groups in total. The number of halogens is 1. The van der Waals surface area contributed by atoms with Gasteiger partial charge in [-0.2, -0.15) is 0 Å². The van der Waals surface area contributed by atoms with Gasteiger partial charge < -0.3 is 4.42 Å². The second kappa shape index (κ2) is 8.62. The van der Waals surface area contributed by atoms with E-state index in [9.17, 15) is 14.0 Å². The molecule has 3 aromatic carbocycles. The number of amides is 2. The number of carbonyl (C=O) groups excluding carboxylic acids is 2. The number of oxazole rings is 1. The number of nitrogens with zero attached hydrogens (tertiary/aromatic N) is 1. The zero-order valence-corrected chi connectivity index (χ0v) is 16.6. The molecule has 0 radical (unpaired) electrons. The molecule has 0 aliphatic rings. The number of nitrogens with one attached hydrogen (secondary N) is 2. The summed E-state index contributed by atoms with van der Waals surface area (Å²) in [5.74, 6) is -1.20. The Morgan fingerprint density at radius 2 is 1.45 bits per heavy atom. The number of aromatic nitrogens is 1. The van der Waals surface area contributed by atoms with Gasteiger partial charge in [0.15, 0.2) is 5.76 Å². The molecule has 0 atom stereocenters. The SMILES string of the molecule is Cc1ccc(-c2cnc(-c3ccccc3C(=O)NNC(=O)c3ccccc3F)o2)cc1. The molecule has 0 bridgehead atoms. The maximum absolute atomic E-state index is 13.7. The van der Waals surface area contributed by atoms with Gasteiger partial charge in [0.1, 0.15) is 5.82 Å². The first-order chi connectivity index (χ1) is 15.0. The van der Waals surface area contributed by atoms with Crippen LogP contribution in [0.3, 0.4) is 0 Å². The van der Waals surface area contributed by atoms with E-state index in [1.807, 2.05) is 31.2 Å². The van der Waals surface area contributed by atoms with Gasteiger partial charge in [-0.05, 0) is 31.2 Å². The molecular weight excluding hydrogens is 397 g/mol. The Balaban J connectivity index is 1.53. The van der Waals surface area contributed by atoms with Gasteiger partial charge in [-0.1, -0.05) is 54.1 Å². The van der Waals surface area contributed by atoms with Crippen LogP contribution in [0.5, 0.6) is 0 Å². The minimum absolute atomic E-state index is 0.175. The van der Waals surface area contributed by atoms with Crippen molar-refractivity contribution in [1.29, 1.82) is 0 Å². The van der Waals surface area contributed by atoms with E-state index in [4.69, 9.17) is 4.42 Å². The van der Waals surface area contributed by atoms with Gasteiger partial charge in [0.2, 0.25) is 5.89 Å². The molecule has 4 aromatic rings. The lowest BCUT2D eigenvalue weighted by Gasteiger charge is -2.10. The summed E-state index contributed by atoms with van der Waals surface area (Å²) in [6.45, 7) is 2.00. The first-order valence-electron chi connectivity index (χ1n) is 9.50. The number of carbonyl (C=O) groups is 2. The summed E-state index contributed by atoms with van der Waals surface area (Å²) in [5, 5.41) is 0. The van der Waals surface area contributed by atoms with E-state index < -0.39 is 17.6 Å². The largest absolute Gasteiger partial charge is 0.436 e. The van der Waals surface area contributed by atoms with Gasteiger partial charge in [0, 0.05) is 11.1 Å². The molecule has 0 spiro atoms. The zero-order chi connectivity index (χ0) is 21.8. The van der Waals surface area contributed by atoms with Crippen molar-refractivity contribution >= 4 is 11.8 Å². The van der Waals surface area contributed by atoms with Crippen molar-refractivity contribution in [2.45, 2.75) is 6.92 Å². The van der Waals surface area contributed by atoms with E-state index in [1.54, 1.807) is 30.5 Å². The van der Waals surface area contributed by atoms with Gasteiger partial charge in [-0.3, -0.25) is 20.4 Å². The number of hydrogen-bond acceptors (Lipinski definition) is 4. The third kappa shape index (κ3) is 4.35. The Labute approximate surface area is 177 Å². The number of hydrazine groups is 1. The van der Waals surface area contributed by atoms with Gasteiger partial charge in [0.05, 0.1) is 17.3 Å². The van der Waals surface area contributed by atoms with Crippen molar-refractivity contribution in [2.24, 2.45) is 0 Å². The van der Waals surface area contributed by atoms with Crippen LogP contribution in [-0.2, 0) is 0 Å². The van der Waals surface area contributed by atoms with Crippen molar-refractivity contribution in [2.75, 3.05) is 0 Å². The highest BCUT2D eigenvalue weighted by molar-refractivity contribution is 6.02. The molecule has 1 heterocycles. The zero-order valence-electron chi connectivity index (χ0n) is 16.6. The van der Waals surface area contributed by atoms with Crippen molar-refractivity contribution in [3.05, 3.63) is 102 Å². The summed E-state index contributed by atoms with van der Waals surface area (Å²) in [6, 6.07) is 20.0. The first kappa shape index (κ1) is 20.0. The molecule has 0 saturated heterocycles. The summed E-state index contributed by atoms with van der Waals surface area (Å²) >= 11 is 0. The van der Waals surface area contributed by atoms with Crippen molar-refractivity contribution in [3.63, 3.8) is 0 Å². The van der Waals surface area contributed by atoms with E-state index in [0.29, 0.717) is 11.3 Å². The summed E-state index contributed by atoms with van der Waals surface area (Å²) in [7, 11) is 0. The fourth-order valence-electron chi connectivity index (χ4n) is 3.01. The molecule has 0 saturated carbocycles. The van der Waals surface area contributed by atoms with Gasteiger partial charge >= 0.3 is 0 Å². The lowest BCUT2D eigenvalue weighted by molar-refractivity contribution is 0.0844. The van der Waals surface area contributed by atoms with Crippen LogP contribution in [0.2, 0.25) is 0 Å². The Morgan fingerprint density at radius 1 is 0.839 bits per heavy atom. The lowest BCUT2D eigenvalue weighted by atomic mass is 10.1. The van der Waals surface area contributed by atoms with E-state index in [2.05, 4.69) is 15.8 Å². The highest BCUT2D eigenvalue weighted by atomic mass is 19.1. The van der Waals surface area contributed by atoms with Crippen LogP contribution in [0.4, 0.5) is 4.39 Å². The molecule has 0 fully saturated rings. The van der Waals surface area contributed by atoms with Gasteiger partial charge in [-0.25, -0.2) is 9.37 Å². The molecule has 31 heavy (non-hydrogen) atoms. The van der Waals surface area contributed by atoms with E-state index in [1.165, 1.54) is 24.3 Å². The minimum Gasteiger partial charge on any atom is -0.436 e. The smallest absolute Gasteiger partial charge is 0.272 e. The molecule has 4 rings (SSSR count). The molecule has 0 aliphatic carbocycles. The van der Waals surface area contributed by atoms with Gasteiger partial charge in [-0.15, -0.1) is 0 Å². The second-order valence-electron chi connectivity index (χ2n) is 6.83. The maximum atomic E-state index is 13.7. The normalized spacial score (nSPS) is 10.5. The topological polar surface area (TPSA) is 84.2 Å². The Hall–Kier alpha value is -4.26. The summed E-state index contributed by atoms with van der Waals surface area (Å²) < 4.78 is 19.6. The molecule has 0 unspecified atom stereocenters. The average molecular weight is 415 g/mol. The third-order valence-corrected chi connectivity index (χ3v) is 4.65. The quantitative estimate of drug-likeness (QED) is 0.480. The number of aryl methyl sites for hydroxylation is 1. The van der Waals surface area contributed by atoms with Crippen LogP contribution in [-0.4, -0.2) is 16.8 Å². The molecule has 154 valence electrons. The summed E-state index contributed by atoms with van der Waals surface area (Å²) in [4.78, 5) is 29.1. The Kier molecular flexibility index (Phi) is 5.57. The number of hydrogen-bond donors (Lipinski definition) is 2.